The molecule has 0 aromatic carbocycles. The van der Waals surface area contributed by atoms with Gasteiger partial charge in [-0.3, -0.25) is 14.5 Å². The summed E-state index contributed by atoms with van der Waals surface area (Å²) in [5.41, 5.74) is 0. The lowest BCUT2D eigenvalue weighted by molar-refractivity contribution is -0.143. The van der Waals surface area contributed by atoms with Gasteiger partial charge in [-0.05, 0) is 5.21 Å². The summed E-state index contributed by atoms with van der Waals surface area (Å²) < 4.78 is 0. The average molecular weight is 254 g/mol. The van der Waals surface area contributed by atoms with Crippen LogP contribution in [0.15, 0.2) is 0 Å². The lowest BCUT2D eigenvalue weighted by Crippen LogP contribution is -2.55. The van der Waals surface area contributed by atoms with Gasteiger partial charge in [-0.1, -0.05) is 0 Å². The Labute approximate surface area is 103 Å². The number of rotatable bonds is 4. The van der Waals surface area contributed by atoms with Crippen molar-refractivity contribution in [3.8, 4) is 0 Å². The Balaban J connectivity index is 2.07. The van der Waals surface area contributed by atoms with Gasteiger partial charge < -0.3 is 10.4 Å². The minimum Gasteiger partial charge on any atom is -0.481 e. The molecule has 2 heterocycles. The van der Waals surface area contributed by atoms with E-state index in [1.54, 1.807) is 11.9 Å². The SMILES string of the molecule is Cn1nnc(CN2CCNC(=O)C2CC(=O)O)n1. The molecule has 1 saturated heterocycles. The quantitative estimate of drug-likeness (QED) is 0.638. The zero-order chi connectivity index (χ0) is 13.1. The summed E-state index contributed by atoms with van der Waals surface area (Å²) in [6.07, 6.45) is -0.230. The maximum Gasteiger partial charge on any atom is 0.305 e. The third-order valence-corrected chi connectivity index (χ3v) is 2.70. The largest absolute Gasteiger partial charge is 0.481 e. The van der Waals surface area contributed by atoms with E-state index >= 15 is 0 Å². The van der Waals surface area contributed by atoms with Crippen LogP contribution >= 0.6 is 0 Å². The fourth-order valence-electron chi connectivity index (χ4n) is 1.91. The number of carboxylic acids is 1. The third-order valence-electron chi connectivity index (χ3n) is 2.70. The molecule has 1 aromatic heterocycles. The maximum atomic E-state index is 11.7. The van der Waals surface area contributed by atoms with Crippen LogP contribution < -0.4 is 5.32 Å². The Morgan fingerprint density at radius 3 is 3.00 bits per heavy atom. The van der Waals surface area contributed by atoms with E-state index in [1.165, 1.54) is 4.80 Å². The van der Waals surface area contributed by atoms with Crippen LogP contribution in [-0.4, -0.2) is 61.2 Å². The number of nitrogens with one attached hydrogen (secondary N) is 1. The number of aliphatic carboxylic acids is 1. The van der Waals surface area contributed by atoms with Crippen LogP contribution in [0.1, 0.15) is 12.2 Å². The van der Waals surface area contributed by atoms with Crippen molar-refractivity contribution in [3.63, 3.8) is 0 Å². The standard InChI is InChI=1S/C9H14N6O3/c1-14-12-7(11-13-14)5-15-3-2-10-9(18)6(15)4-8(16)17/h6H,2-5H2,1H3,(H,10,18)(H,16,17). The van der Waals surface area contributed by atoms with E-state index < -0.39 is 12.0 Å². The van der Waals surface area contributed by atoms with Crippen LogP contribution in [0.5, 0.6) is 0 Å². The number of tetrazole rings is 1. The molecule has 1 unspecified atom stereocenters. The molecule has 0 aliphatic carbocycles. The van der Waals surface area contributed by atoms with Crippen molar-refractivity contribution < 1.29 is 14.7 Å². The highest BCUT2D eigenvalue weighted by Crippen LogP contribution is 2.11. The van der Waals surface area contributed by atoms with Crippen LogP contribution in [0, 0.1) is 0 Å². The molecule has 1 fully saturated rings. The van der Waals surface area contributed by atoms with Crippen molar-refractivity contribution in [1.29, 1.82) is 0 Å². The van der Waals surface area contributed by atoms with Gasteiger partial charge in [0.15, 0.2) is 5.82 Å². The summed E-state index contributed by atoms with van der Waals surface area (Å²) >= 11 is 0. The van der Waals surface area contributed by atoms with Crippen LogP contribution in [0.4, 0.5) is 0 Å². The molecule has 9 heteroatoms. The van der Waals surface area contributed by atoms with Gasteiger partial charge in [-0.2, -0.15) is 4.80 Å². The predicted octanol–water partition coefficient (Wildman–Crippen LogP) is -2.01. The van der Waals surface area contributed by atoms with E-state index in [-0.39, 0.29) is 12.3 Å². The second-order valence-corrected chi connectivity index (χ2v) is 4.07. The van der Waals surface area contributed by atoms with Gasteiger partial charge in [0.2, 0.25) is 5.91 Å². The minimum absolute atomic E-state index is 0.230. The molecular weight excluding hydrogens is 240 g/mol. The Hall–Kier alpha value is -2.03. The van der Waals surface area contributed by atoms with Crippen molar-refractivity contribution >= 4 is 11.9 Å². The summed E-state index contributed by atoms with van der Waals surface area (Å²) in [6.45, 7) is 1.39. The number of amides is 1. The van der Waals surface area contributed by atoms with Gasteiger partial charge in [0, 0.05) is 13.1 Å². The van der Waals surface area contributed by atoms with E-state index in [0.29, 0.717) is 25.5 Å². The van der Waals surface area contributed by atoms with Gasteiger partial charge in [0.25, 0.3) is 0 Å². The molecule has 0 saturated carbocycles. The van der Waals surface area contributed by atoms with E-state index in [9.17, 15) is 9.59 Å². The number of hydrogen-bond acceptors (Lipinski definition) is 6. The molecule has 1 atom stereocenters. The zero-order valence-corrected chi connectivity index (χ0v) is 9.91. The van der Waals surface area contributed by atoms with Crippen molar-refractivity contribution in [2.75, 3.05) is 13.1 Å². The van der Waals surface area contributed by atoms with Crippen LogP contribution in [-0.2, 0) is 23.2 Å². The second kappa shape index (κ2) is 5.08. The number of nitrogens with zero attached hydrogens (tertiary/aromatic N) is 5. The Morgan fingerprint density at radius 1 is 1.61 bits per heavy atom. The molecule has 1 aromatic rings. The van der Waals surface area contributed by atoms with Crippen LogP contribution in [0.3, 0.4) is 0 Å². The fourth-order valence-corrected chi connectivity index (χ4v) is 1.91. The lowest BCUT2D eigenvalue weighted by Gasteiger charge is -2.33. The van der Waals surface area contributed by atoms with Gasteiger partial charge in [-0.25, -0.2) is 0 Å². The molecule has 1 amide bonds. The van der Waals surface area contributed by atoms with E-state index in [1.807, 2.05) is 0 Å². The molecule has 98 valence electrons. The summed E-state index contributed by atoms with van der Waals surface area (Å²) in [5.74, 6) is -0.802. The Kier molecular flexibility index (Phi) is 3.51. The smallest absolute Gasteiger partial charge is 0.305 e. The third kappa shape index (κ3) is 2.80. The first-order chi connectivity index (χ1) is 8.56. The normalized spacial score (nSPS) is 20.7. The summed E-state index contributed by atoms with van der Waals surface area (Å²) in [6, 6.07) is -0.681. The molecule has 0 radical (unpaired) electrons. The molecule has 0 spiro atoms. The molecule has 1 aliphatic heterocycles. The molecule has 1 aliphatic rings. The summed E-state index contributed by atoms with van der Waals surface area (Å²) in [5, 5.41) is 23.0. The summed E-state index contributed by atoms with van der Waals surface area (Å²) in [4.78, 5) is 25.5. The molecule has 18 heavy (non-hydrogen) atoms. The first kappa shape index (κ1) is 12.4. The van der Waals surface area contributed by atoms with Crippen LogP contribution in [0.25, 0.3) is 0 Å². The van der Waals surface area contributed by atoms with E-state index in [2.05, 4.69) is 20.7 Å². The molecular formula is C9H14N6O3. The van der Waals surface area contributed by atoms with Crippen molar-refractivity contribution in [2.24, 2.45) is 7.05 Å². The predicted molar refractivity (Wildman–Crippen MR) is 58.3 cm³/mol. The molecule has 2 N–H and O–H groups in total. The van der Waals surface area contributed by atoms with E-state index in [0.717, 1.165) is 0 Å². The van der Waals surface area contributed by atoms with Crippen molar-refractivity contribution in [1.82, 2.24) is 30.4 Å². The highest BCUT2D eigenvalue weighted by molar-refractivity contribution is 5.86. The van der Waals surface area contributed by atoms with Gasteiger partial charge in [0.05, 0.1) is 20.0 Å². The van der Waals surface area contributed by atoms with Gasteiger partial charge >= 0.3 is 5.97 Å². The topological polar surface area (TPSA) is 113 Å². The Bertz CT molecular complexity index is 459. The fraction of sp³-hybridized carbons (Fsp3) is 0.667. The Morgan fingerprint density at radius 2 is 2.39 bits per heavy atom. The van der Waals surface area contributed by atoms with Crippen molar-refractivity contribution in [2.45, 2.75) is 19.0 Å². The van der Waals surface area contributed by atoms with E-state index in [4.69, 9.17) is 5.11 Å². The van der Waals surface area contributed by atoms with Gasteiger partial charge in [0.1, 0.15) is 6.04 Å². The van der Waals surface area contributed by atoms with Crippen LogP contribution in [0.2, 0.25) is 0 Å². The molecule has 0 bridgehead atoms. The second-order valence-electron chi connectivity index (χ2n) is 4.07. The number of carbonyl (C=O) groups is 2. The first-order valence-corrected chi connectivity index (χ1v) is 5.52. The highest BCUT2D eigenvalue weighted by atomic mass is 16.4. The zero-order valence-electron chi connectivity index (χ0n) is 9.91. The average Bonchev–Trinajstić information content (AvgIpc) is 2.69. The number of piperazine rings is 1. The number of aryl methyl sites for hydroxylation is 1. The number of hydrogen-bond donors (Lipinski definition) is 2. The molecule has 2 rings (SSSR count). The first-order valence-electron chi connectivity index (χ1n) is 5.52. The number of aromatic nitrogens is 4. The maximum absolute atomic E-state index is 11.7. The number of carboxylic acid groups (broad SMARTS) is 1. The lowest BCUT2D eigenvalue weighted by atomic mass is 10.1. The monoisotopic (exact) mass is 254 g/mol. The van der Waals surface area contributed by atoms with Gasteiger partial charge in [-0.15, -0.1) is 10.2 Å². The van der Waals surface area contributed by atoms with Crippen molar-refractivity contribution in [3.05, 3.63) is 5.82 Å². The number of carbonyl (C=O) groups excluding carboxylic acids is 1. The summed E-state index contributed by atoms with van der Waals surface area (Å²) in [7, 11) is 1.65. The highest BCUT2D eigenvalue weighted by Gasteiger charge is 2.32. The molecule has 9 nitrogen and oxygen atoms in total. The minimum atomic E-state index is -1.01.